The zero-order valence-corrected chi connectivity index (χ0v) is 11.3. The zero-order chi connectivity index (χ0) is 13.3. The minimum Gasteiger partial charge on any atom is -0.478 e. The third kappa shape index (κ3) is 2.24. The molecule has 0 aliphatic heterocycles. The number of anilines is 1. The summed E-state index contributed by atoms with van der Waals surface area (Å²) in [7, 11) is 1.95. The van der Waals surface area contributed by atoms with E-state index in [0.29, 0.717) is 6.04 Å². The molecular formula is C12H15N3O2S. The number of carboxylic acid groups (broad SMARTS) is 1. The summed E-state index contributed by atoms with van der Waals surface area (Å²) < 4.78 is 1.90. The Morgan fingerprint density at radius 2 is 2.33 bits per heavy atom. The van der Waals surface area contributed by atoms with Crippen molar-refractivity contribution in [3.63, 3.8) is 0 Å². The van der Waals surface area contributed by atoms with E-state index in [4.69, 9.17) is 5.11 Å². The number of aliphatic carboxylic acids is 1. The van der Waals surface area contributed by atoms with Gasteiger partial charge in [-0.15, -0.1) is 11.3 Å². The van der Waals surface area contributed by atoms with Gasteiger partial charge in [0.15, 0.2) is 10.8 Å². The standard InChI is InChI=1S/C12H15N3O2S/c1-8(2)14(3)11-9(4-5-10(16)17)15-6-7-18-12(15)13-11/h4-8H,1-3H3,(H,16,17)/b5-4+. The summed E-state index contributed by atoms with van der Waals surface area (Å²) >= 11 is 1.53. The summed E-state index contributed by atoms with van der Waals surface area (Å²) in [5.74, 6) is -0.160. The summed E-state index contributed by atoms with van der Waals surface area (Å²) in [6.07, 6.45) is 4.62. The Labute approximate surface area is 109 Å². The van der Waals surface area contributed by atoms with Gasteiger partial charge in [0.2, 0.25) is 0 Å². The fourth-order valence-corrected chi connectivity index (χ4v) is 2.32. The molecule has 0 aromatic carbocycles. The lowest BCUT2D eigenvalue weighted by Gasteiger charge is -2.21. The van der Waals surface area contributed by atoms with Crippen LogP contribution in [0.15, 0.2) is 17.7 Å². The van der Waals surface area contributed by atoms with Crippen molar-refractivity contribution < 1.29 is 9.90 Å². The van der Waals surface area contributed by atoms with Crippen molar-refractivity contribution in [3.05, 3.63) is 23.3 Å². The van der Waals surface area contributed by atoms with E-state index in [2.05, 4.69) is 18.8 Å². The summed E-state index contributed by atoms with van der Waals surface area (Å²) in [5, 5.41) is 10.7. The molecule has 0 aliphatic rings. The Morgan fingerprint density at radius 3 is 2.94 bits per heavy atom. The highest BCUT2D eigenvalue weighted by atomic mass is 32.1. The molecule has 0 unspecified atom stereocenters. The van der Waals surface area contributed by atoms with Crippen LogP contribution in [0.1, 0.15) is 19.5 Å². The molecular weight excluding hydrogens is 250 g/mol. The molecule has 6 heteroatoms. The average Bonchev–Trinajstić information content (AvgIpc) is 2.85. The first-order valence-electron chi connectivity index (χ1n) is 5.60. The monoisotopic (exact) mass is 265 g/mol. The van der Waals surface area contributed by atoms with Crippen molar-refractivity contribution in [2.75, 3.05) is 11.9 Å². The maximum atomic E-state index is 10.7. The van der Waals surface area contributed by atoms with Crippen LogP contribution < -0.4 is 4.90 Å². The van der Waals surface area contributed by atoms with Crippen LogP contribution in [0.25, 0.3) is 11.0 Å². The largest absolute Gasteiger partial charge is 0.478 e. The van der Waals surface area contributed by atoms with Crippen molar-refractivity contribution >= 4 is 34.2 Å². The van der Waals surface area contributed by atoms with Gasteiger partial charge >= 0.3 is 5.97 Å². The minimum atomic E-state index is -0.960. The lowest BCUT2D eigenvalue weighted by molar-refractivity contribution is -0.131. The van der Waals surface area contributed by atoms with Crippen LogP contribution in [0.5, 0.6) is 0 Å². The normalized spacial score (nSPS) is 11.8. The maximum Gasteiger partial charge on any atom is 0.328 e. The number of imidazole rings is 1. The topological polar surface area (TPSA) is 57.8 Å². The van der Waals surface area contributed by atoms with E-state index in [9.17, 15) is 4.79 Å². The van der Waals surface area contributed by atoms with Gasteiger partial charge < -0.3 is 10.0 Å². The molecule has 0 spiro atoms. The number of aromatic nitrogens is 2. The molecule has 0 amide bonds. The number of fused-ring (bicyclic) bond motifs is 1. The minimum absolute atomic E-state index is 0.298. The predicted octanol–water partition coefficient (Wildman–Crippen LogP) is 2.34. The first-order chi connectivity index (χ1) is 8.50. The maximum absolute atomic E-state index is 10.7. The molecule has 0 saturated heterocycles. The molecule has 2 aromatic rings. The van der Waals surface area contributed by atoms with Crippen LogP contribution in [-0.4, -0.2) is 33.6 Å². The molecule has 0 saturated carbocycles. The SMILES string of the molecule is CC(C)N(C)c1nc2sccn2c1/C=C/C(=O)O. The van der Waals surface area contributed by atoms with E-state index < -0.39 is 5.97 Å². The van der Waals surface area contributed by atoms with Crippen molar-refractivity contribution in [2.45, 2.75) is 19.9 Å². The van der Waals surface area contributed by atoms with E-state index in [0.717, 1.165) is 22.5 Å². The summed E-state index contributed by atoms with van der Waals surface area (Å²) in [6, 6.07) is 0.298. The van der Waals surface area contributed by atoms with E-state index >= 15 is 0 Å². The van der Waals surface area contributed by atoms with Gasteiger partial charge in [0, 0.05) is 30.7 Å². The van der Waals surface area contributed by atoms with Gasteiger partial charge in [0.1, 0.15) is 0 Å². The second kappa shape index (κ2) is 4.81. The predicted molar refractivity (Wildman–Crippen MR) is 73.3 cm³/mol. The quantitative estimate of drug-likeness (QED) is 0.862. The fraction of sp³-hybridized carbons (Fsp3) is 0.333. The lowest BCUT2D eigenvalue weighted by Crippen LogP contribution is -2.26. The molecule has 0 bridgehead atoms. The highest BCUT2D eigenvalue weighted by Gasteiger charge is 2.16. The van der Waals surface area contributed by atoms with E-state index in [1.54, 1.807) is 6.08 Å². The number of carboxylic acids is 1. The highest BCUT2D eigenvalue weighted by Crippen LogP contribution is 2.26. The molecule has 96 valence electrons. The molecule has 0 aliphatic carbocycles. The van der Waals surface area contributed by atoms with Gasteiger partial charge in [-0.1, -0.05) is 0 Å². The van der Waals surface area contributed by atoms with Crippen molar-refractivity contribution in [2.24, 2.45) is 0 Å². The number of thiazole rings is 1. The van der Waals surface area contributed by atoms with Crippen LogP contribution in [0, 0.1) is 0 Å². The highest BCUT2D eigenvalue weighted by molar-refractivity contribution is 7.15. The van der Waals surface area contributed by atoms with Crippen molar-refractivity contribution in [1.29, 1.82) is 0 Å². The van der Waals surface area contributed by atoms with Crippen molar-refractivity contribution in [3.8, 4) is 0 Å². The molecule has 0 radical (unpaired) electrons. The van der Waals surface area contributed by atoms with Gasteiger partial charge in [0.05, 0.1) is 5.69 Å². The lowest BCUT2D eigenvalue weighted by atomic mass is 10.3. The third-order valence-corrected chi connectivity index (χ3v) is 3.53. The van der Waals surface area contributed by atoms with Gasteiger partial charge in [-0.25, -0.2) is 9.78 Å². The van der Waals surface area contributed by atoms with Gasteiger partial charge in [-0.3, -0.25) is 4.40 Å². The number of hydrogen-bond donors (Lipinski definition) is 1. The number of carbonyl (C=O) groups is 1. The second-order valence-corrected chi connectivity index (χ2v) is 5.13. The Hall–Kier alpha value is -1.82. The zero-order valence-electron chi connectivity index (χ0n) is 10.5. The first-order valence-corrected chi connectivity index (χ1v) is 6.48. The Bertz CT molecular complexity index is 598. The summed E-state index contributed by atoms with van der Waals surface area (Å²) in [6.45, 7) is 4.14. The Kier molecular flexibility index (Phi) is 3.38. The summed E-state index contributed by atoms with van der Waals surface area (Å²) in [5.41, 5.74) is 0.796. The van der Waals surface area contributed by atoms with Gasteiger partial charge in [-0.2, -0.15) is 0 Å². The summed E-state index contributed by atoms with van der Waals surface area (Å²) in [4.78, 5) is 18.1. The van der Waals surface area contributed by atoms with Gasteiger partial charge in [-0.05, 0) is 19.9 Å². The Balaban J connectivity index is 2.54. The second-order valence-electron chi connectivity index (χ2n) is 4.25. The molecule has 5 nitrogen and oxygen atoms in total. The number of nitrogens with zero attached hydrogens (tertiary/aromatic N) is 3. The number of rotatable bonds is 4. The van der Waals surface area contributed by atoms with Crippen LogP contribution in [-0.2, 0) is 4.79 Å². The molecule has 0 fully saturated rings. The van der Waals surface area contributed by atoms with Crippen LogP contribution in [0.2, 0.25) is 0 Å². The molecule has 18 heavy (non-hydrogen) atoms. The fourth-order valence-electron chi connectivity index (χ4n) is 1.60. The van der Waals surface area contributed by atoms with E-state index in [-0.39, 0.29) is 0 Å². The third-order valence-electron chi connectivity index (χ3n) is 2.77. The molecule has 2 rings (SSSR count). The Morgan fingerprint density at radius 1 is 1.61 bits per heavy atom. The molecule has 2 aromatic heterocycles. The molecule has 1 N–H and O–H groups in total. The smallest absolute Gasteiger partial charge is 0.328 e. The van der Waals surface area contributed by atoms with Crippen LogP contribution in [0.4, 0.5) is 5.82 Å². The van der Waals surface area contributed by atoms with Gasteiger partial charge in [0.25, 0.3) is 0 Å². The van der Waals surface area contributed by atoms with Crippen LogP contribution in [0.3, 0.4) is 0 Å². The van der Waals surface area contributed by atoms with E-state index in [1.807, 2.05) is 27.9 Å². The first kappa shape index (κ1) is 12.6. The van der Waals surface area contributed by atoms with Crippen LogP contribution >= 0.6 is 11.3 Å². The molecule has 2 heterocycles. The number of hydrogen-bond acceptors (Lipinski definition) is 4. The molecule has 0 atom stereocenters. The average molecular weight is 265 g/mol. The van der Waals surface area contributed by atoms with Crippen molar-refractivity contribution in [1.82, 2.24) is 9.38 Å². The van der Waals surface area contributed by atoms with E-state index in [1.165, 1.54) is 11.3 Å².